The molecule has 0 aliphatic rings. The second kappa shape index (κ2) is 9.93. The lowest BCUT2D eigenvalue weighted by Crippen LogP contribution is -1.92. The number of halogens is 3. The zero-order valence-corrected chi connectivity index (χ0v) is 14.8. The van der Waals surface area contributed by atoms with Gasteiger partial charge in [-0.2, -0.15) is 0 Å². The van der Waals surface area contributed by atoms with Gasteiger partial charge in [0.25, 0.3) is 0 Å². The molecule has 1 aromatic carbocycles. The van der Waals surface area contributed by atoms with E-state index in [9.17, 15) is 4.39 Å². The Bertz CT molecular complexity index is 366. The molecule has 0 saturated heterocycles. The quantitative estimate of drug-likeness (QED) is 0.308. The smallest absolute Gasteiger partial charge is 0.137 e. The fraction of sp³-hybridized carbons (Fsp3) is 0.625. The highest BCUT2D eigenvalue weighted by atomic mass is 79.9. The van der Waals surface area contributed by atoms with Crippen LogP contribution in [0.25, 0.3) is 0 Å². The average molecular weight is 394 g/mol. The van der Waals surface area contributed by atoms with Crippen molar-refractivity contribution in [3.8, 4) is 0 Å². The summed E-state index contributed by atoms with van der Waals surface area (Å²) in [5.74, 6) is -0.195. The van der Waals surface area contributed by atoms with E-state index in [0.29, 0.717) is 9.30 Å². The Labute approximate surface area is 133 Å². The van der Waals surface area contributed by atoms with E-state index >= 15 is 0 Å². The Kier molecular flexibility index (Phi) is 8.97. The van der Waals surface area contributed by atoms with Gasteiger partial charge in [0.15, 0.2) is 0 Å². The van der Waals surface area contributed by atoms with E-state index in [2.05, 4.69) is 38.8 Å². The monoisotopic (exact) mass is 392 g/mol. The molecular formula is C16H23Br2F. The normalized spacial score (nSPS) is 12.6. The molecule has 0 aliphatic heterocycles. The molecule has 3 heteroatoms. The first kappa shape index (κ1) is 17.2. The Hall–Kier alpha value is 0.110. The van der Waals surface area contributed by atoms with Crippen molar-refractivity contribution in [1.29, 1.82) is 0 Å². The lowest BCUT2D eigenvalue weighted by Gasteiger charge is -2.11. The zero-order chi connectivity index (χ0) is 14.1. The van der Waals surface area contributed by atoms with Crippen LogP contribution in [0.5, 0.6) is 0 Å². The molecule has 108 valence electrons. The number of hydrogen-bond donors (Lipinski definition) is 0. The minimum Gasteiger partial charge on any atom is -0.206 e. The van der Waals surface area contributed by atoms with Crippen LogP contribution in [0.1, 0.15) is 68.7 Å². The fourth-order valence-electron chi connectivity index (χ4n) is 2.15. The molecule has 0 nitrogen and oxygen atoms in total. The molecule has 0 heterocycles. The van der Waals surface area contributed by atoms with Gasteiger partial charge in [-0.3, -0.25) is 0 Å². The summed E-state index contributed by atoms with van der Waals surface area (Å²) < 4.78 is 13.7. The van der Waals surface area contributed by atoms with Gasteiger partial charge in [-0.25, -0.2) is 4.39 Å². The molecule has 0 bridgehead atoms. The molecule has 1 atom stereocenters. The largest absolute Gasteiger partial charge is 0.206 e. The van der Waals surface area contributed by atoms with Crippen molar-refractivity contribution in [2.45, 2.75) is 63.1 Å². The molecular weight excluding hydrogens is 371 g/mol. The van der Waals surface area contributed by atoms with E-state index in [0.717, 1.165) is 12.0 Å². The maximum Gasteiger partial charge on any atom is 0.137 e. The zero-order valence-electron chi connectivity index (χ0n) is 11.6. The highest BCUT2D eigenvalue weighted by Gasteiger charge is 2.09. The van der Waals surface area contributed by atoms with E-state index in [1.165, 1.54) is 51.0 Å². The highest BCUT2D eigenvalue weighted by Crippen LogP contribution is 2.31. The Balaban J connectivity index is 2.20. The van der Waals surface area contributed by atoms with Gasteiger partial charge < -0.3 is 0 Å². The van der Waals surface area contributed by atoms with Gasteiger partial charge in [-0.1, -0.05) is 73.9 Å². The van der Waals surface area contributed by atoms with Crippen molar-refractivity contribution in [1.82, 2.24) is 0 Å². The summed E-state index contributed by atoms with van der Waals surface area (Å²) in [5, 5.41) is 0. The third kappa shape index (κ3) is 6.89. The van der Waals surface area contributed by atoms with Crippen molar-refractivity contribution < 1.29 is 4.39 Å². The lowest BCUT2D eigenvalue weighted by molar-refractivity contribution is 0.574. The van der Waals surface area contributed by atoms with Crippen LogP contribution in [0, 0.1) is 5.82 Å². The summed E-state index contributed by atoms with van der Waals surface area (Å²) in [6.45, 7) is 2.25. The van der Waals surface area contributed by atoms with Crippen LogP contribution in [0.2, 0.25) is 0 Å². The first-order valence-corrected chi connectivity index (χ1v) is 8.95. The summed E-state index contributed by atoms with van der Waals surface area (Å²) in [6, 6.07) is 5.26. The van der Waals surface area contributed by atoms with Crippen molar-refractivity contribution in [3.63, 3.8) is 0 Å². The predicted octanol–water partition coefficient (Wildman–Crippen LogP) is 7.16. The van der Waals surface area contributed by atoms with Crippen LogP contribution < -0.4 is 0 Å². The molecule has 0 saturated carbocycles. The Morgan fingerprint density at radius 3 is 2.32 bits per heavy atom. The summed E-state index contributed by atoms with van der Waals surface area (Å²) in [7, 11) is 0. The van der Waals surface area contributed by atoms with Crippen LogP contribution >= 0.6 is 31.9 Å². The molecule has 0 spiro atoms. The molecule has 1 unspecified atom stereocenters. The van der Waals surface area contributed by atoms with Gasteiger partial charge in [-0.15, -0.1) is 0 Å². The lowest BCUT2D eigenvalue weighted by atomic mass is 10.0. The average Bonchev–Trinajstić information content (AvgIpc) is 2.40. The molecule has 19 heavy (non-hydrogen) atoms. The first-order chi connectivity index (χ1) is 9.15. The standard InChI is InChI=1S/C16H23Br2F/c1-2-3-4-5-6-7-8-9-14(17)13-10-11-16(19)15(18)12-13/h10-12,14H,2-9H2,1H3. The van der Waals surface area contributed by atoms with Crippen molar-refractivity contribution in [2.75, 3.05) is 0 Å². The molecule has 1 aromatic rings. The number of alkyl halides is 1. The topological polar surface area (TPSA) is 0 Å². The van der Waals surface area contributed by atoms with Gasteiger partial charge in [0.2, 0.25) is 0 Å². The van der Waals surface area contributed by atoms with E-state index in [-0.39, 0.29) is 5.82 Å². The van der Waals surface area contributed by atoms with Gasteiger partial charge >= 0.3 is 0 Å². The first-order valence-electron chi connectivity index (χ1n) is 7.24. The van der Waals surface area contributed by atoms with Crippen molar-refractivity contribution in [3.05, 3.63) is 34.1 Å². The van der Waals surface area contributed by atoms with Crippen LogP contribution in [0.15, 0.2) is 22.7 Å². The summed E-state index contributed by atoms with van der Waals surface area (Å²) in [5.41, 5.74) is 1.15. The number of rotatable bonds is 9. The van der Waals surface area contributed by atoms with Gasteiger partial charge in [-0.05, 0) is 40.0 Å². The van der Waals surface area contributed by atoms with E-state index in [4.69, 9.17) is 0 Å². The SMILES string of the molecule is CCCCCCCCCC(Br)c1ccc(F)c(Br)c1. The highest BCUT2D eigenvalue weighted by molar-refractivity contribution is 9.10. The van der Waals surface area contributed by atoms with Gasteiger partial charge in [0.1, 0.15) is 5.82 Å². The molecule has 0 aromatic heterocycles. The van der Waals surface area contributed by atoms with Crippen LogP contribution in [-0.4, -0.2) is 0 Å². The second-order valence-electron chi connectivity index (χ2n) is 5.05. The Morgan fingerprint density at radius 1 is 1.05 bits per heavy atom. The van der Waals surface area contributed by atoms with E-state index < -0.39 is 0 Å². The van der Waals surface area contributed by atoms with Crippen LogP contribution in [-0.2, 0) is 0 Å². The third-order valence-electron chi connectivity index (χ3n) is 3.37. The molecule has 0 amide bonds. The maximum atomic E-state index is 13.2. The molecule has 0 fully saturated rings. The summed E-state index contributed by atoms with van der Waals surface area (Å²) in [6.07, 6.45) is 10.4. The van der Waals surface area contributed by atoms with Gasteiger partial charge in [0.05, 0.1) is 4.47 Å². The van der Waals surface area contributed by atoms with Crippen LogP contribution in [0.3, 0.4) is 0 Å². The molecule has 1 rings (SSSR count). The molecule has 0 aliphatic carbocycles. The van der Waals surface area contributed by atoms with E-state index in [1.54, 1.807) is 0 Å². The molecule has 0 radical (unpaired) electrons. The third-order valence-corrected chi connectivity index (χ3v) is 4.96. The van der Waals surface area contributed by atoms with Crippen LogP contribution in [0.4, 0.5) is 4.39 Å². The van der Waals surface area contributed by atoms with Crippen molar-refractivity contribution >= 4 is 31.9 Å². The molecule has 0 N–H and O–H groups in total. The number of benzene rings is 1. The van der Waals surface area contributed by atoms with Gasteiger partial charge in [0, 0.05) is 4.83 Å². The predicted molar refractivity (Wildman–Crippen MR) is 88.4 cm³/mol. The fourth-order valence-corrected chi connectivity index (χ4v) is 3.16. The summed E-state index contributed by atoms with van der Waals surface area (Å²) >= 11 is 6.93. The second-order valence-corrected chi connectivity index (χ2v) is 7.01. The number of hydrogen-bond acceptors (Lipinski definition) is 0. The maximum absolute atomic E-state index is 13.2. The minimum absolute atomic E-state index is 0.195. The number of unbranched alkanes of at least 4 members (excludes halogenated alkanes) is 6. The summed E-state index contributed by atoms with van der Waals surface area (Å²) in [4.78, 5) is 0.333. The van der Waals surface area contributed by atoms with Crippen molar-refractivity contribution in [2.24, 2.45) is 0 Å². The van der Waals surface area contributed by atoms with E-state index in [1.807, 2.05) is 12.1 Å². The Morgan fingerprint density at radius 2 is 1.68 bits per heavy atom. The minimum atomic E-state index is -0.195.